The molecule has 0 bridgehead atoms. The molecule has 0 spiro atoms. The van der Waals surface area contributed by atoms with Gasteiger partial charge >= 0.3 is 0 Å². The number of hydrazine groups is 2. The van der Waals surface area contributed by atoms with Gasteiger partial charge < -0.3 is 14.9 Å². The summed E-state index contributed by atoms with van der Waals surface area (Å²) in [5.41, 5.74) is 8.04. The van der Waals surface area contributed by atoms with Crippen molar-refractivity contribution in [3.05, 3.63) is 18.2 Å². The second-order valence-electron chi connectivity index (χ2n) is 2.97. The third-order valence-electron chi connectivity index (χ3n) is 2.08. The summed E-state index contributed by atoms with van der Waals surface area (Å²) in [4.78, 5) is 0. The van der Waals surface area contributed by atoms with Gasteiger partial charge in [-0.3, -0.25) is 5.01 Å². The first kappa shape index (κ1) is 9.11. The molecule has 1 aliphatic heterocycles. The van der Waals surface area contributed by atoms with E-state index >= 15 is 0 Å². The van der Waals surface area contributed by atoms with Gasteiger partial charge in [-0.15, -0.1) is 5.53 Å². The number of anilines is 2. The Morgan fingerprint density at radius 1 is 1.36 bits per heavy atom. The first-order valence-electron chi connectivity index (χ1n) is 4.31. The van der Waals surface area contributed by atoms with Crippen LogP contribution in [0.1, 0.15) is 0 Å². The van der Waals surface area contributed by atoms with E-state index in [1.54, 1.807) is 14.2 Å². The lowest BCUT2D eigenvalue weighted by molar-refractivity contribution is 0.192. The highest BCUT2D eigenvalue weighted by Crippen LogP contribution is 2.32. The van der Waals surface area contributed by atoms with Crippen LogP contribution in [0.5, 0.6) is 5.75 Å². The van der Waals surface area contributed by atoms with Crippen LogP contribution >= 0.6 is 0 Å². The summed E-state index contributed by atoms with van der Waals surface area (Å²) in [6.45, 7) is 0.492. The normalized spacial score (nSPS) is 13.7. The molecule has 1 aliphatic rings. The number of nitrogens with one attached hydrogen (secondary N) is 2. The van der Waals surface area contributed by atoms with E-state index < -0.39 is 0 Å². The van der Waals surface area contributed by atoms with Crippen LogP contribution in [0, 0.1) is 0 Å². The van der Waals surface area contributed by atoms with Crippen molar-refractivity contribution in [3.8, 4) is 5.75 Å². The molecule has 0 radical (unpaired) electrons. The molecule has 0 unspecified atom stereocenters. The Hall–Kier alpha value is -1.46. The minimum Gasteiger partial charge on any atom is -0.497 e. The maximum atomic E-state index is 5.12. The summed E-state index contributed by atoms with van der Waals surface area (Å²) in [5, 5.41) is 1.87. The highest BCUT2D eigenvalue weighted by Gasteiger charge is 2.17. The van der Waals surface area contributed by atoms with Crippen molar-refractivity contribution in [1.29, 1.82) is 0 Å². The van der Waals surface area contributed by atoms with Gasteiger partial charge in [0.1, 0.15) is 12.5 Å². The molecule has 2 rings (SSSR count). The number of fused-ring (bicyclic) bond motifs is 1. The number of methoxy groups -OCH3 is 2. The highest BCUT2D eigenvalue weighted by atomic mass is 16.5. The van der Waals surface area contributed by atoms with E-state index in [2.05, 4.69) is 11.0 Å². The minimum absolute atomic E-state index is 0.492. The molecule has 0 saturated heterocycles. The Morgan fingerprint density at radius 3 is 2.93 bits per heavy atom. The lowest BCUT2D eigenvalue weighted by Crippen LogP contribution is -2.37. The van der Waals surface area contributed by atoms with Crippen molar-refractivity contribution in [1.82, 2.24) is 5.53 Å². The van der Waals surface area contributed by atoms with Crippen LogP contribution in [-0.2, 0) is 4.74 Å². The molecule has 0 saturated carbocycles. The number of rotatable bonds is 3. The molecule has 1 aromatic carbocycles. The Kier molecular flexibility index (Phi) is 2.43. The fourth-order valence-corrected chi connectivity index (χ4v) is 1.40. The molecular formula is C9H13N3O2. The summed E-state index contributed by atoms with van der Waals surface area (Å²) >= 11 is 0. The maximum absolute atomic E-state index is 5.12. The van der Waals surface area contributed by atoms with E-state index in [0.717, 1.165) is 17.1 Å². The highest BCUT2D eigenvalue weighted by molar-refractivity contribution is 5.74. The van der Waals surface area contributed by atoms with Crippen LogP contribution in [-0.4, -0.2) is 21.0 Å². The molecule has 76 valence electrons. The lowest BCUT2D eigenvalue weighted by atomic mass is 10.2. The van der Waals surface area contributed by atoms with Crippen molar-refractivity contribution >= 4 is 11.4 Å². The summed E-state index contributed by atoms with van der Waals surface area (Å²) in [6, 6.07) is 5.81. The van der Waals surface area contributed by atoms with Gasteiger partial charge in [0.2, 0.25) is 0 Å². The predicted octanol–water partition coefficient (Wildman–Crippen LogP) is 0.951. The Balaban J connectivity index is 2.24. The fraction of sp³-hybridized carbons (Fsp3) is 0.333. The molecule has 1 heterocycles. The zero-order chi connectivity index (χ0) is 9.97. The number of hydrogen-bond acceptors (Lipinski definition) is 5. The Labute approximate surface area is 82.5 Å². The zero-order valence-electron chi connectivity index (χ0n) is 8.20. The average Bonchev–Trinajstić information content (AvgIpc) is 2.61. The van der Waals surface area contributed by atoms with Crippen LogP contribution in [0.25, 0.3) is 0 Å². The van der Waals surface area contributed by atoms with Crippen molar-refractivity contribution in [3.63, 3.8) is 0 Å². The van der Waals surface area contributed by atoms with Crippen molar-refractivity contribution in [2.45, 2.75) is 0 Å². The Morgan fingerprint density at radius 2 is 2.21 bits per heavy atom. The third-order valence-corrected chi connectivity index (χ3v) is 2.08. The molecule has 0 amide bonds. The minimum atomic E-state index is 0.492. The number of benzene rings is 1. The van der Waals surface area contributed by atoms with Gasteiger partial charge in [0.25, 0.3) is 0 Å². The summed E-state index contributed by atoms with van der Waals surface area (Å²) < 4.78 is 10.1. The second kappa shape index (κ2) is 3.73. The SMILES string of the molecule is COCN1NNc2cc(OC)ccc21. The molecule has 0 atom stereocenters. The smallest absolute Gasteiger partial charge is 0.134 e. The van der Waals surface area contributed by atoms with E-state index in [4.69, 9.17) is 9.47 Å². The third kappa shape index (κ3) is 1.47. The van der Waals surface area contributed by atoms with Gasteiger partial charge in [0, 0.05) is 13.2 Å². The maximum Gasteiger partial charge on any atom is 0.134 e. The molecule has 2 N–H and O–H groups in total. The van der Waals surface area contributed by atoms with E-state index in [0.29, 0.717) is 6.73 Å². The van der Waals surface area contributed by atoms with Gasteiger partial charge in [-0.2, -0.15) is 0 Å². The first-order valence-corrected chi connectivity index (χ1v) is 4.31. The van der Waals surface area contributed by atoms with Crippen LogP contribution in [0.15, 0.2) is 18.2 Å². The van der Waals surface area contributed by atoms with E-state index in [1.165, 1.54) is 0 Å². The van der Waals surface area contributed by atoms with Crippen molar-refractivity contribution in [2.24, 2.45) is 0 Å². The largest absolute Gasteiger partial charge is 0.497 e. The van der Waals surface area contributed by atoms with E-state index in [1.807, 2.05) is 23.2 Å². The van der Waals surface area contributed by atoms with Gasteiger partial charge in [-0.1, -0.05) is 0 Å². The quantitative estimate of drug-likeness (QED) is 0.752. The van der Waals surface area contributed by atoms with Crippen LogP contribution in [0.3, 0.4) is 0 Å². The zero-order valence-corrected chi connectivity index (χ0v) is 8.20. The molecule has 5 heteroatoms. The number of nitrogens with zero attached hydrogens (tertiary/aromatic N) is 1. The van der Waals surface area contributed by atoms with Crippen LogP contribution < -0.4 is 20.7 Å². The van der Waals surface area contributed by atoms with Crippen LogP contribution in [0.2, 0.25) is 0 Å². The number of ether oxygens (including phenoxy) is 2. The standard InChI is InChI=1S/C9H13N3O2/c1-13-6-12-9-4-3-7(14-2)5-8(9)10-11-12/h3-5,10-11H,6H2,1-2H3. The fourth-order valence-electron chi connectivity index (χ4n) is 1.40. The van der Waals surface area contributed by atoms with E-state index in [9.17, 15) is 0 Å². The van der Waals surface area contributed by atoms with Gasteiger partial charge in [-0.25, -0.2) is 0 Å². The summed E-state index contributed by atoms with van der Waals surface area (Å²) in [7, 11) is 3.31. The molecule has 0 fully saturated rings. The summed E-state index contributed by atoms with van der Waals surface area (Å²) in [5.74, 6) is 0.831. The van der Waals surface area contributed by atoms with Gasteiger partial charge in [0.15, 0.2) is 0 Å². The molecular weight excluding hydrogens is 182 g/mol. The lowest BCUT2D eigenvalue weighted by Gasteiger charge is -2.15. The topological polar surface area (TPSA) is 45.8 Å². The molecule has 0 aliphatic carbocycles. The number of hydrogen-bond donors (Lipinski definition) is 2. The molecule has 5 nitrogen and oxygen atoms in total. The second-order valence-corrected chi connectivity index (χ2v) is 2.97. The van der Waals surface area contributed by atoms with Gasteiger partial charge in [0.05, 0.1) is 18.5 Å². The Bertz CT molecular complexity index is 330. The molecule has 0 aromatic heterocycles. The van der Waals surface area contributed by atoms with Crippen LogP contribution in [0.4, 0.5) is 11.4 Å². The molecule has 14 heavy (non-hydrogen) atoms. The van der Waals surface area contributed by atoms with Crippen molar-refractivity contribution in [2.75, 3.05) is 31.4 Å². The summed E-state index contributed by atoms with van der Waals surface area (Å²) in [6.07, 6.45) is 0. The monoisotopic (exact) mass is 195 g/mol. The van der Waals surface area contributed by atoms with E-state index in [-0.39, 0.29) is 0 Å². The van der Waals surface area contributed by atoms with Gasteiger partial charge in [-0.05, 0) is 12.1 Å². The van der Waals surface area contributed by atoms with Crippen molar-refractivity contribution < 1.29 is 9.47 Å². The first-order chi connectivity index (χ1) is 6.85. The molecule has 1 aromatic rings. The average molecular weight is 195 g/mol. The predicted molar refractivity (Wildman–Crippen MR) is 54.1 cm³/mol.